The van der Waals surface area contributed by atoms with Gasteiger partial charge in [-0.15, -0.1) is 6.58 Å². The maximum Gasteiger partial charge on any atom is 0.246 e. The first kappa shape index (κ1) is 30.5. The van der Waals surface area contributed by atoms with Gasteiger partial charge in [-0.3, -0.25) is 4.79 Å². The molecule has 184 valence electrons. The van der Waals surface area contributed by atoms with Crippen molar-refractivity contribution in [2.24, 2.45) is 5.92 Å². The molecule has 2 unspecified atom stereocenters. The summed E-state index contributed by atoms with van der Waals surface area (Å²) in [5.74, 6) is 1.15. The second-order valence-corrected chi connectivity index (χ2v) is 8.32. The third-order valence-corrected chi connectivity index (χ3v) is 5.58. The SMILES string of the molecule is C=CCC.CC.CCN(CC(C)CNC(=O)COC1CCOC1)Sc1ccc(OC)cc1. The Morgan fingerprint density at radius 3 is 2.50 bits per heavy atom. The highest BCUT2D eigenvalue weighted by Gasteiger charge is 2.17. The van der Waals surface area contributed by atoms with E-state index in [0.717, 1.165) is 38.3 Å². The van der Waals surface area contributed by atoms with Gasteiger partial charge in [0.2, 0.25) is 5.91 Å². The molecular formula is C25H44N2O4S. The summed E-state index contributed by atoms with van der Waals surface area (Å²) >= 11 is 1.72. The minimum atomic E-state index is -0.0606. The molecule has 2 atom stereocenters. The molecule has 32 heavy (non-hydrogen) atoms. The molecule has 1 aromatic carbocycles. The Labute approximate surface area is 200 Å². The van der Waals surface area contributed by atoms with Crippen molar-refractivity contribution in [3.8, 4) is 5.75 Å². The Balaban J connectivity index is 0.00000144. The minimum absolute atomic E-state index is 0.0606. The van der Waals surface area contributed by atoms with E-state index in [4.69, 9.17) is 14.2 Å². The molecule has 1 fully saturated rings. The van der Waals surface area contributed by atoms with E-state index in [1.165, 1.54) is 4.90 Å². The zero-order chi connectivity index (χ0) is 24.2. The average Bonchev–Trinajstić information content (AvgIpc) is 3.36. The fraction of sp³-hybridized carbons (Fsp3) is 0.640. The molecule has 1 amide bonds. The third kappa shape index (κ3) is 14.5. The summed E-state index contributed by atoms with van der Waals surface area (Å²) in [4.78, 5) is 13.1. The zero-order valence-electron chi connectivity index (χ0n) is 20.9. The first-order valence-electron chi connectivity index (χ1n) is 11.7. The van der Waals surface area contributed by atoms with E-state index in [0.29, 0.717) is 19.1 Å². The number of ether oxygens (including phenoxy) is 3. The molecular weight excluding hydrogens is 424 g/mol. The van der Waals surface area contributed by atoms with Gasteiger partial charge in [0, 0.05) is 31.1 Å². The van der Waals surface area contributed by atoms with Gasteiger partial charge in [-0.1, -0.05) is 40.7 Å². The quantitative estimate of drug-likeness (QED) is 0.336. The lowest BCUT2D eigenvalue weighted by molar-refractivity contribution is -0.127. The van der Waals surface area contributed by atoms with E-state index >= 15 is 0 Å². The molecule has 0 radical (unpaired) electrons. The second-order valence-electron chi connectivity index (χ2n) is 7.15. The molecule has 0 bridgehead atoms. The van der Waals surface area contributed by atoms with Crippen LogP contribution >= 0.6 is 11.9 Å². The number of hydrogen-bond acceptors (Lipinski definition) is 6. The summed E-state index contributed by atoms with van der Waals surface area (Å²) < 4.78 is 18.3. The number of carbonyl (C=O) groups excluding carboxylic acids is 1. The number of nitrogens with one attached hydrogen (secondary N) is 1. The van der Waals surface area contributed by atoms with Crippen molar-refractivity contribution in [3.63, 3.8) is 0 Å². The standard InChI is InChI=1S/C19H30N2O4S.C4H8.C2H6/c1-4-21(26-18-7-5-16(23-3)6-8-18)12-15(2)11-20-19(22)14-25-17-9-10-24-13-17;1-3-4-2;1-2/h5-8,15,17H,4,9-14H2,1-3H3,(H,20,22);3H,1,4H2,2H3;1-2H3. The molecule has 1 heterocycles. The largest absolute Gasteiger partial charge is 0.497 e. The maximum atomic E-state index is 11.9. The maximum absolute atomic E-state index is 11.9. The predicted molar refractivity (Wildman–Crippen MR) is 135 cm³/mol. The Bertz CT molecular complexity index is 592. The van der Waals surface area contributed by atoms with Crippen molar-refractivity contribution < 1.29 is 19.0 Å². The van der Waals surface area contributed by atoms with Crippen LogP contribution in [0.4, 0.5) is 0 Å². The second kappa shape index (κ2) is 20.1. The normalized spacial score (nSPS) is 15.7. The fourth-order valence-corrected chi connectivity index (χ4v) is 3.62. The van der Waals surface area contributed by atoms with E-state index in [-0.39, 0.29) is 18.6 Å². The number of carbonyl (C=O) groups is 1. The predicted octanol–water partition coefficient (Wildman–Crippen LogP) is 5.19. The Kier molecular flexibility index (Phi) is 19.1. The molecule has 1 saturated heterocycles. The van der Waals surface area contributed by atoms with E-state index in [1.54, 1.807) is 19.1 Å². The number of benzene rings is 1. The van der Waals surface area contributed by atoms with E-state index in [2.05, 4.69) is 49.1 Å². The van der Waals surface area contributed by atoms with E-state index in [9.17, 15) is 4.79 Å². The highest BCUT2D eigenvalue weighted by atomic mass is 32.2. The van der Waals surface area contributed by atoms with Crippen molar-refractivity contribution >= 4 is 17.9 Å². The molecule has 1 aliphatic rings. The van der Waals surface area contributed by atoms with Gasteiger partial charge in [-0.2, -0.15) is 0 Å². The van der Waals surface area contributed by atoms with Gasteiger partial charge in [0.05, 0.1) is 19.8 Å². The van der Waals surface area contributed by atoms with Crippen molar-refractivity contribution in [3.05, 3.63) is 36.9 Å². The molecule has 0 spiro atoms. The van der Waals surface area contributed by atoms with Crippen LogP contribution in [0.5, 0.6) is 5.75 Å². The summed E-state index contributed by atoms with van der Waals surface area (Å²) in [6.07, 6.45) is 3.90. The average molecular weight is 469 g/mol. The van der Waals surface area contributed by atoms with E-state index in [1.807, 2.05) is 32.1 Å². The molecule has 2 rings (SSSR count). The Morgan fingerprint density at radius 1 is 1.34 bits per heavy atom. The topological polar surface area (TPSA) is 60.0 Å². The van der Waals surface area contributed by atoms with Crippen LogP contribution in [0.2, 0.25) is 0 Å². The lowest BCUT2D eigenvalue weighted by Gasteiger charge is -2.23. The molecule has 0 saturated carbocycles. The highest BCUT2D eigenvalue weighted by molar-refractivity contribution is 7.97. The Hall–Kier alpha value is -1.54. The smallest absolute Gasteiger partial charge is 0.246 e. The van der Waals surface area contributed by atoms with Crippen molar-refractivity contribution in [2.45, 2.75) is 58.5 Å². The number of amides is 1. The van der Waals surface area contributed by atoms with Crippen molar-refractivity contribution in [2.75, 3.05) is 46.6 Å². The van der Waals surface area contributed by atoms with Gasteiger partial charge < -0.3 is 19.5 Å². The van der Waals surface area contributed by atoms with Crippen LogP contribution in [-0.4, -0.2) is 62.9 Å². The van der Waals surface area contributed by atoms with Gasteiger partial charge >= 0.3 is 0 Å². The summed E-state index contributed by atoms with van der Waals surface area (Å²) in [7, 11) is 1.67. The molecule has 1 aliphatic heterocycles. The molecule has 1 N–H and O–H groups in total. The molecule has 1 aromatic rings. The summed E-state index contributed by atoms with van der Waals surface area (Å²) in [6, 6.07) is 8.05. The van der Waals surface area contributed by atoms with Crippen LogP contribution in [-0.2, 0) is 14.3 Å². The van der Waals surface area contributed by atoms with Crippen LogP contribution in [0.1, 0.15) is 47.5 Å². The first-order chi connectivity index (χ1) is 15.5. The number of rotatable bonds is 12. The molecule has 0 aliphatic carbocycles. The van der Waals surface area contributed by atoms with Crippen LogP contribution < -0.4 is 10.1 Å². The lowest BCUT2D eigenvalue weighted by Crippen LogP contribution is -2.36. The number of hydrogen-bond donors (Lipinski definition) is 1. The first-order valence-corrected chi connectivity index (χ1v) is 12.4. The lowest BCUT2D eigenvalue weighted by atomic mass is 10.2. The van der Waals surface area contributed by atoms with Gasteiger partial charge in [0.15, 0.2) is 0 Å². The molecule has 6 nitrogen and oxygen atoms in total. The van der Waals surface area contributed by atoms with Crippen molar-refractivity contribution in [1.82, 2.24) is 9.62 Å². The zero-order valence-corrected chi connectivity index (χ0v) is 21.7. The number of allylic oxidation sites excluding steroid dienone is 1. The molecule has 7 heteroatoms. The fourth-order valence-electron chi connectivity index (χ4n) is 2.61. The van der Waals surface area contributed by atoms with Crippen LogP contribution in [0, 0.1) is 5.92 Å². The van der Waals surface area contributed by atoms with Crippen LogP contribution in [0.3, 0.4) is 0 Å². The van der Waals surface area contributed by atoms with E-state index < -0.39 is 0 Å². The summed E-state index contributed by atoms with van der Waals surface area (Å²) in [5.41, 5.74) is 0. The van der Waals surface area contributed by atoms with Crippen LogP contribution in [0.15, 0.2) is 41.8 Å². The third-order valence-electron chi connectivity index (χ3n) is 4.44. The van der Waals surface area contributed by atoms with Gasteiger partial charge in [-0.25, -0.2) is 4.31 Å². The Morgan fingerprint density at radius 2 is 2.00 bits per heavy atom. The minimum Gasteiger partial charge on any atom is -0.497 e. The van der Waals surface area contributed by atoms with Crippen molar-refractivity contribution in [1.29, 1.82) is 0 Å². The summed E-state index contributed by atoms with van der Waals surface area (Å²) in [5, 5.41) is 2.96. The number of nitrogens with zero attached hydrogens (tertiary/aromatic N) is 1. The molecule has 0 aromatic heterocycles. The number of methoxy groups -OCH3 is 1. The highest BCUT2D eigenvalue weighted by Crippen LogP contribution is 2.25. The van der Waals surface area contributed by atoms with Gasteiger partial charge in [-0.05, 0) is 55.0 Å². The summed E-state index contributed by atoms with van der Waals surface area (Å²) in [6.45, 7) is 17.7. The monoisotopic (exact) mass is 468 g/mol. The van der Waals surface area contributed by atoms with Gasteiger partial charge in [0.1, 0.15) is 12.4 Å². The van der Waals surface area contributed by atoms with Gasteiger partial charge in [0.25, 0.3) is 0 Å². The van der Waals surface area contributed by atoms with Crippen LogP contribution in [0.25, 0.3) is 0 Å².